The zero-order valence-electron chi connectivity index (χ0n) is 20.8. The monoisotopic (exact) mass is 570 g/mol. The summed E-state index contributed by atoms with van der Waals surface area (Å²) in [5.41, 5.74) is 4.39. The van der Waals surface area contributed by atoms with Crippen molar-refractivity contribution in [1.29, 1.82) is 0 Å². The van der Waals surface area contributed by atoms with E-state index in [0.717, 1.165) is 22.3 Å². The van der Waals surface area contributed by atoms with Gasteiger partial charge in [0, 0.05) is 23.0 Å². The molecule has 0 saturated heterocycles. The third kappa shape index (κ3) is 4.49. The van der Waals surface area contributed by atoms with Crippen molar-refractivity contribution in [3.63, 3.8) is 0 Å². The van der Waals surface area contributed by atoms with E-state index in [1.807, 2.05) is 48.5 Å². The number of fused-ring (bicyclic) bond motifs is 1. The van der Waals surface area contributed by atoms with Crippen LogP contribution in [0.25, 0.3) is 0 Å². The van der Waals surface area contributed by atoms with Gasteiger partial charge < -0.3 is 9.47 Å². The molecule has 3 aliphatic carbocycles. The molecule has 0 heterocycles. The quantitative estimate of drug-likeness (QED) is 0.150. The van der Waals surface area contributed by atoms with Crippen LogP contribution in [0.4, 0.5) is 0 Å². The number of esters is 2. The van der Waals surface area contributed by atoms with Gasteiger partial charge in [0.1, 0.15) is 11.5 Å². The molecule has 0 N–H and O–H groups in total. The summed E-state index contributed by atoms with van der Waals surface area (Å²) in [5, 5.41) is -1.25. The Morgan fingerprint density at radius 3 is 1.05 bits per heavy atom. The minimum absolute atomic E-state index is 0.225. The maximum atomic E-state index is 13.9. The van der Waals surface area contributed by atoms with Crippen molar-refractivity contribution in [2.24, 2.45) is 11.8 Å². The van der Waals surface area contributed by atoms with E-state index in [1.165, 1.54) is 48.5 Å². The summed E-state index contributed by atoms with van der Waals surface area (Å²) in [6.07, 6.45) is 0. The van der Waals surface area contributed by atoms with E-state index in [1.54, 1.807) is 0 Å². The van der Waals surface area contributed by atoms with Gasteiger partial charge in [-0.3, -0.25) is 19.2 Å². The van der Waals surface area contributed by atoms with Crippen molar-refractivity contribution in [2.75, 3.05) is 0 Å². The fourth-order valence-electron chi connectivity index (χ4n) is 5.92. The molecule has 2 bridgehead atoms. The van der Waals surface area contributed by atoms with Gasteiger partial charge in [-0.2, -0.15) is 0 Å². The Labute approximate surface area is 239 Å². The minimum atomic E-state index is -0.889. The van der Waals surface area contributed by atoms with Crippen LogP contribution < -0.4 is 9.47 Å². The van der Waals surface area contributed by atoms with Gasteiger partial charge in [0.05, 0.1) is 11.8 Å². The molecule has 7 rings (SSSR count). The Bertz CT molecular complexity index is 1490. The van der Waals surface area contributed by atoms with Crippen LogP contribution in [0.15, 0.2) is 97.1 Å². The number of carbonyl (C=O) groups is 4. The third-order valence-corrected chi connectivity index (χ3v) is 8.02. The molecule has 2 unspecified atom stereocenters. The third-order valence-electron chi connectivity index (χ3n) is 7.58. The fraction of sp³-hybridized carbons (Fsp3) is 0.125. The van der Waals surface area contributed by atoms with Gasteiger partial charge in [-0.05, 0) is 94.0 Å². The number of rotatable bonds is 6. The Hall–Kier alpha value is -4.26. The highest BCUT2D eigenvalue weighted by Crippen LogP contribution is 2.58. The average Bonchev–Trinajstić information content (AvgIpc) is 2.97. The lowest BCUT2D eigenvalue weighted by Gasteiger charge is -2.48. The number of halogens is 2. The highest BCUT2D eigenvalue weighted by Gasteiger charge is 2.56. The lowest BCUT2D eigenvalue weighted by atomic mass is 9.54. The second kappa shape index (κ2) is 10.4. The minimum Gasteiger partial charge on any atom is -0.426 e. The molecule has 0 aliphatic heterocycles. The van der Waals surface area contributed by atoms with Gasteiger partial charge in [0.15, 0.2) is 0 Å². The molecule has 2 atom stereocenters. The zero-order chi connectivity index (χ0) is 28.0. The normalized spacial score (nSPS) is 20.1. The van der Waals surface area contributed by atoms with Gasteiger partial charge in [-0.25, -0.2) is 0 Å². The molecular formula is C32H20Cl2O6. The van der Waals surface area contributed by atoms with Crippen LogP contribution in [0.2, 0.25) is 0 Å². The zero-order valence-corrected chi connectivity index (χ0v) is 22.3. The number of hydrogen-bond acceptors (Lipinski definition) is 6. The largest absolute Gasteiger partial charge is 0.426 e. The summed E-state index contributed by atoms with van der Waals surface area (Å²) >= 11 is 11.1. The standard InChI is InChI=1S/C32H20Cl2O6/c33-29(35)17-9-13-19(14-10-17)39-31(37)27-25-21-5-1-2-6-22(21)26(24-8-4-3-7-23(24)25)28(27)32(38)40-20-15-11-18(12-16-20)30(34)36/h1-16,25-28H. The summed E-state index contributed by atoms with van der Waals surface area (Å²) in [6, 6.07) is 27.4. The lowest BCUT2D eigenvalue weighted by molar-refractivity contribution is -0.153. The topological polar surface area (TPSA) is 86.7 Å². The highest BCUT2D eigenvalue weighted by atomic mass is 35.5. The fourth-order valence-corrected chi connectivity index (χ4v) is 6.17. The van der Waals surface area contributed by atoms with E-state index in [0.29, 0.717) is 0 Å². The Morgan fingerprint density at radius 1 is 0.475 bits per heavy atom. The van der Waals surface area contributed by atoms with E-state index in [9.17, 15) is 19.2 Å². The van der Waals surface area contributed by atoms with Crippen LogP contribution in [0.3, 0.4) is 0 Å². The second-order valence-corrected chi connectivity index (χ2v) is 10.4. The maximum absolute atomic E-state index is 13.9. The molecular weight excluding hydrogens is 551 g/mol. The average molecular weight is 571 g/mol. The SMILES string of the molecule is O=C(Cl)c1ccc(OC(=O)C2C3c4ccccc4C(c4ccccc43)C2C(=O)Oc2ccc(C(=O)Cl)cc2)cc1. The maximum Gasteiger partial charge on any atom is 0.316 e. The van der Waals surface area contributed by atoms with Gasteiger partial charge >= 0.3 is 11.9 Å². The summed E-state index contributed by atoms with van der Waals surface area (Å²) in [7, 11) is 0. The molecule has 8 heteroatoms. The van der Waals surface area contributed by atoms with Crippen molar-refractivity contribution in [3.05, 3.63) is 130 Å². The smallest absolute Gasteiger partial charge is 0.316 e. The van der Waals surface area contributed by atoms with E-state index < -0.39 is 46.1 Å². The molecule has 0 fully saturated rings. The summed E-state index contributed by atoms with van der Waals surface area (Å²) in [5.74, 6) is -3.39. The second-order valence-electron chi connectivity index (χ2n) is 9.70. The predicted octanol–water partition coefficient (Wildman–Crippen LogP) is 6.48. The molecule has 6 nitrogen and oxygen atoms in total. The van der Waals surface area contributed by atoms with Crippen molar-refractivity contribution in [3.8, 4) is 11.5 Å². The van der Waals surface area contributed by atoms with Crippen LogP contribution >= 0.6 is 23.2 Å². The highest BCUT2D eigenvalue weighted by molar-refractivity contribution is 6.68. The van der Waals surface area contributed by atoms with Crippen molar-refractivity contribution >= 4 is 45.6 Å². The first-order chi connectivity index (χ1) is 19.3. The van der Waals surface area contributed by atoms with E-state index in [2.05, 4.69) is 0 Å². The first kappa shape index (κ1) is 26.0. The molecule has 198 valence electrons. The summed E-state index contributed by atoms with van der Waals surface area (Å²) < 4.78 is 11.6. The molecule has 40 heavy (non-hydrogen) atoms. The van der Waals surface area contributed by atoms with Gasteiger partial charge in [-0.1, -0.05) is 48.5 Å². The number of carbonyl (C=O) groups excluding carboxylic acids is 4. The van der Waals surface area contributed by atoms with Crippen LogP contribution in [0.5, 0.6) is 11.5 Å². The van der Waals surface area contributed by atoms with Crippen LogP contribution in [0, 0.1) is 11.8 Å². The van der Waals surface area contributed by atoms with E-state index >= 15 is 0 Å². The Morgan fingerprint density at radius 2 is 0.775 bits per heavy atom. The van der Waals surface area contributed by atoms with Crippen LogP contribution in [0.1, 0.15) is 54.8 Å². The number of hydrogen-bond donors (Lipinski definition) is 0. The molecule has 4 aromatic carbocycles. The Kier molecular flexibility index (Phi) is 6.74. The molecule has 4 aromatic rings. The van der Waals surface area contributed by atoms with Gasteiger partial charge in [0.25, 0.3) is 10.5 Å². The number of ether oxygens (including phenoxy) is 2. The molecule has 0 aromatic heterocycles. The number of benzene rings is 4. The van der Waals surface area contributed by atoms with Crippen LogP contribution in [-0.2, 0) is 9.59 Å². The lowest BCUT2D eigenvalue weighted by Crippen LogP contribution is -2.49. The van der Waals surface area contributed by atoms with E-state index in [4.69, 9.17) is 32.7 Å². The first-order valence-corrected chi connectivity index (χ1v) is 13.3. The molecule has 0 amide bonds. The van der Waals surface area contributed by atoms with Crippen molar-refractivity contribution < 1.29 is 28.7 Å². The van der Waals surface area contributed by atoms with Crippen molar-refractivity contribution in [1.82, 2.24) is 0 Å². The first-order valence-electron chi connectivity index (χ1n) is 12.5. The van der Waals surface area contributed by atoms with Crippen LogP contribution in [-0.4, -0.2) is 22.4 Å². The predicted molar refractivity (Wildman–Crippen MR) is 148 cm³/mol. The molecule has 0 spiro atoms. The Balaban J connectivity index is 1.41. The van der Waals surface area contributed by atoms with E-state index in [-0.39, 0.29) is 22.6 Å². The van der Waals surface area contributed by atoms with Gasteiger partial charge in [-0.15, -0.1) is 0 Å². The van der Waals surface area contributed by atoms with Crippen molar-refractivity contribution in [2.45, 2.75) is 11.8 Å². The van der Waals surface area contributed by atoms with Gasteiger partial charge in [0.2, 0.25) is 0 Å². The molecule has 0 saturated carbocycles. The molecule has 3 aliphatic rings. The molecule has 0 radical (unpaired) electrons. The summed E-state index contributed by atoms with van der Waals surface area (Å²) in [6.45, 7) is 0. The summed E-state index contributed by atoms with van der Waals surface area (Å²) in [4.78, 5) is 50.7.